The topological polar surface area (TPSA) is 52.3 Å². The number of hydrogen-bond donors (Lipinski definition) is 0. The van der Waals surface area contributed by atoms with E-state index in [4.69, 9.17) is 9.26 Å². The summed E-state index contributed by atoms with van der Waals surface area (Å²) in [5.41, 5.74) is 1.71. The number of benzene rings is 1. The molecule has 0 radical (unpaired) electrons. The third-order valence-corrected chi connectivity index (χ3v) is 3.17. The Bertz CT molecular complexity index is 533. The Morgan fingerprint density at radius 2 is 2.11 bits per heavy atom. The summed E-state index contributed by atoms with van der Waals surface area (Å²) >= 11 is 1.66. The molecule has 0 bridgehead atoms. The molecule has 2 aromatic rings. The Balaban J connectivity index is 2.32. The van der Waals surface area contributed by atoms with Crippen LogP contribution >= 0.6 is 11.8 Å². The molecule has 0 saturated carbocycles. The van der Waals surface area contributed by atoms with Crippen LogP contribution in [0.2, 0.25) is 0 Å². The van der Waals surface area contributed by atoms with Crippen LogP contribution in [0, 0.1) is 0 Å². The van der Waals surface area contributed by atoms with Crippen molar-refractivity contribution in [3.8, 4) is 11.3 Å². The maximum absolute atomic E-state index is 11.7. The van der Waals surface area contributed by atoms with Crippen LogP contribution in [0.1, 0.15) is 17.3 Å². The third kappa shape index (κ3) is 2.56. The van der Waals surface area contributed by atoms with Gasteiger partial charge in [-0.05, 0) is 25.3 Å². The van der Waals surface area contributed by atoms with E-state index in [1.807, 2.05) is 30.5 Å². The highest BCUT2D eigenvalue weighted by Gasteiger charge is 2.18. The van der Waals surface area contributed by atoms with E-state index in [0.717, 1.165) is 10.5 Å². The van der Waals surface area contributed by atoms with E-state index < -0.39 is 5.97 Å². The Labute approximate surface area is 109 Å². The lowest BCUT2D eigenvalue weighted by Gasteiger charge is -2.02. The number of ether oxygens (including phenoxy) is 1. The van der Waals surface area contributed by atoms with Gasteiger partial charge in [-0.1, -0.05) is 17.3 Å². The van der Waals surface area contributed by atoms with Crippen LogP contribution in [0.15, 0.2) is 39.9 Å². The first kappa shape index (κ1) is 12.7. The van der Waals surface area contributed by atoms with Gasteiger partial charge in [-0.3, -0.25) is 0 Å². The van der Waals surface area contributed by atoms with Gasteiger partial charge in [0.25, 0.3) is 0 Å². The number of rotatable bonds is 4. The van der Waals surface area contributed by atoms with Crippen LogP contribution < -0.4 is 0 Å². The van der Waals surface area contributed by atoms with Crippen molar-refractivity contribution < 1.29 is 14.1 Å². The van der Waals surface area contributed by atoms with E-state index in [1.54, 1.807) is 18.7 Å². The Hall–Kier alpha value is -1.75. The number of thioether (sulfide) groups is 1. The Kier molecular flexibility index (Phi) is 4.04. The minimum atomic E-state index is -0.414. The highest BCUT2D eigenvalue weighted by Crippen LogP contribution is 2.25. The number of carbonyl (C=O) groups is 1. The number of aromatic nitrogens is 1. The van der Waals surface area contributed by atoms with E-state index in [-0.39, 0.29) is 0 Å². The molecule has 2 rings (SSSR count). The molecule has 18 heavy (non-hydrogen) atoms. The SMILES string of the molecule is CCOC(=O)c1conc1-c1ccc(SC)cc1. The van der Waals surface area contributed by atoms with E-state index in [0.29, 0.717) is 17.9 Å². The predicted molar refractivity (Wildman–Crippen MR) is 69.7 cm³/mol. The zero-order valence-corrected chi connectivity index (χ0v) is 11.0. The first-order valence-corrected chi connectivity index (χ1v) is 6.74. The van der Waals surface area contributed by atoms with E-state index in [1.165, 1.54) is 6.26 Å². The van der Waals surface area contributed by atoms with Crippen molar-refractivity contribution in [3.05, 3.63) is 36.1 Å². The number of nitrogens with zero attached hydrogens (tertiary/aromatic N) is 1. The smallest absolute Gasteiger partial charge is 0.343 e. The van der Waals surface area contributed by atoms with E-state index >= 15 is 0 Å². The van der Waals surface area contributed by atoms with Gasteiger partial charge in [0, 0.05) is 10.5 Å². The molecule has 0 N–H and O–H groups in total. The predicted octanol–water partition coefficient (Wildman–Crippen LogP) is 3.24. The second kappa shape index (κ2) is 5.73. The van der Waals surface area contributed by atoms with Crippen molar-refractivity contribution in [1.29, 1.82) is 0 Å². The second-order valence-electron chi connectivity index (χ2n) is 3.53. The van der Waals surface area contributed by atoms with Crippen LogP contribution in [-0.4, -0.2) is 24.0 Å². The monoisotopic (exact) mass is 263 g/mol. The normalized spacial score (nSPS) is 10.3. The quantitative estimate of drug-likeness (QED) is 0.626. The molecule has 94 valence electrons. The maximum atomic E-state index is 11.7. The molecule has 1 heterocycles. The van der Waals surface area contributed by atoms with Crippen molar-refractivity contribution in [2.75, 3.05) is 12.9 Å². The first-order chi connectivity index (χ1) is 8.76. The van der Waals surface area contributed by atoms with Crippen LogP contribution in [0.25, 0.3) is 11.3 Å². The standard InChI is InChI=1S/C13H13NO3S/c1-3-16-13(15)11-8-17-14-12(11)9-4-6-10(18-2)7-5-9/h4-8H,3H2,1-2H3. The van der Waals surface area contributed by atoms with Gasteiger partial charge in [0.15, 0.2) is 0 Å². The van der Waals surface area contributed by atoms with Gasteiger partial charge in [-0.2, -0.15) is 0 Å². The molecule has 0 unspecified atom stereocenters. The largest absolute Gasteiger partial charge is 0.462 e. The van der Waals surface area contributed by atoms with Gasteiger partial charge >= 0.3 is 5.97 Å². The summed E-state index contributed by atoms with van der Waals surface area (Å²) in [5.74, 6) is -0.414. The molecule has 0 aliphatic rings. The lowest BCUT2D eigenvalue weighted by molar-refractivity contribution is 0.0526. The summed E-state index contributed by atoms with van der Waals surface area (Å²) in [6.07, 6.45) is 3.32. The minimum absolute atomic E-state index is 0.328. The van der Waals surface area contributed by atoms with Gasteiger partial charge in [0.1, 0.15) is 17.5 Å². The molecule has 5 heteroatoms. The molecule has 0 saturated heterocycles. The average Bonchev–Trinajstić information content (AvgIpc) is 2.88. The van der Waals surface area contributed by atoms with Gasteiger partial charge in [-0.15, -0.1) is 11.8 Å². The number of esters is 1. The van der Waals surface area contributed by atoms with Gasteiger partial charge in [0.2, 0.25) is 0 Å². The molecule has 0 atom stereocenters. The number of carbonyl (C=O) groups excluding carboxylic acids is 1. The minimum Gasteiger partial charge on any atom is -0.462 e. The lowest BCUT2D eigenvalue weighted by Crippen LogP contribution is -2.04. The van der Waals surface area contributed by atoms with Gasteiger partial charge in [-0.25, -0.2) is 4.79 Å². The summed E-state index contributed by atoms with van der Waals surface area (Å²) in [4.78, 5) is 12.8. The lowest BCUT2D eigenvalue weighted by atomic mass is 10.1. The van der Waals surface area contributed by atoms with E-state index in [2.05, 4.69) is 5.16 Å². The molecule has 0 fully saturated rings. The fourth-order valence-corrected chi connectivity index (χ4v) is 1.96. The van der Waals surface area contributed by atoms with Crippen LogP contribution in [0.3, 0.4) is 0 Å². The van der Waals surface area contributed by atoms with Crippen LogP contribution in [0.5, 0.6) is 0 Å². The fraction of sp³-hybridized carbons (Fsp3) is 0.231. The van der Waals surface area contributed by atoms with Crippen LogP contribution in [0.4, 0.5) is 0 Å². The van der Waals surface area contributed by atoms with Crippen molar-refractivity contribution in [2.45, 2.75) is 11.8 Å². The Morgan fingerprint density at radius 1 is 1.39 bits per heavy atom. The molecule has 0 spiro atoms. The molecule has 1 aromatic carbocycles. The van der Waals surface area contributed by atoms with Crippen molar-refractivity contribution in [1.82, 2.24) is 5.16 Å². The second-order valence-corrected chi connectivity index (χ2v) is 4.41. The number of hydrogen-bond acceptors (Lipinski definition) is 5. The fourth-order valence-electron chi connectivity index (χ4n) is 1.55. The van der Waals surface area contributed by atoms with Crippen molar-refractivity contribution in [3.63, 3.8) is 0 Å². The van der Waals surface area contributed by atoms with Gasteiger partial charge < -0.3 is 9.26 Å². The summed E-state index contributed by atoms with van der Waals surface area (Å²) in [5, 5.41) is 3.86. The van der Waals surface area contributed by atoms with E-state index in [9.17, 15) is 4.79 Å². The molecule has 0 amide bonds. The molecule has 0 aliphatic heterocycles. The van der Waals surface area contributed by atoms with Crippen LogP contribution in [-0.2, 0) is 4.74 Å². The molecular weight excluding hydrogens is 250 g/mol. The summed E-state index contributed by atoms with van der Waals surface area (Å²) in [7, 11) is 0. The highest BCUT2D eigenvalue weighted by molar-refractivity contribution is 7.98. The highest BCUT2D eigenvalue weighted by atomic mass is 32.2. The zero-order chi connectivity index (χ0) is 13.0. The average molecular weight is 263 g/mol. The molecular formula is C13H13NO3S. The summed E-state index contributed by atoms with van der Waals surface area (Å²) in [6, 6.07) is 7.77. The maximum Gasteiger partial charge on any atom is 0.343 e. The zero-order valence-electron chi connectivity index (χ0n) is 10.2. The molecule has 0 aliphatic carbocycles. The molecule has 1 aromatic heterocycles. The summed E-state index contributed by atoms with van der Waals surface area (Å²) in [6.45, 7) is 2.09. The van der Waals surface area contributed by atoms with Crippen molar-refractivity contribution in [2.24, 2.45) is 0 Å². The first-order valence-electron chi connectivity index (χ1n) is 5.52. The third-order valence-electron chi connectivity index (χ3n) is 2.43. The summed E-state index contributed by atoms with van der Waals surface area (Å²) < 4.78 is 9.82. The van der Waals surface area contributed by atoms with Crippen molar-refractivity contribution >= 4 is 17.7 Å². The van der Waals surface area contributed by atoms with Gasteiger partial charge in [0.05, 0.1) is 6.61 Å². The Morgan fingerprint density at radius 3 is 2.72 bits per heavy atom. The molecule has 4 nitrogen and oxygen atoms in total.